The van der Waals surface area contributed by atoms with Crippen LogP contribution in [-0.2, 0) is 0 Å². The van der Waals surface area contributed by atoms with Gasteiger partial charge in [-0.1, -0.05) is 67.6 Å². The monoisotopic (exact) mass is 300 g/mol. The maximum absolute atomic E-state index is 3.81. The summed E-state index contributed by atoms with van der Waals surface area (Å²) < 4.78 is 0.503. The van der Waals surface area contributed by atoms with Gasteiger partial charge in [-0.2, -0.15) is 0 Å². The fourth-order valence-corrected chi connectivity index (χ4v) is 4.35. The zero-order chi connectivity index (χ0) is 14.2. The third kappa shape index (κ3) is 4.19. The van der Waals surface area contributed by atoms with Gasteiger partial charge in [-0.25, -0.2) is 0 Å². The summed E-state index contributed by atoms with van der Waals surface area (Å²) >= 11 is 3.93. The average Bonchev–Trinajstić information content (AvgIpc) is 2.52. The molecule has 0 aliphatic heterocycles. The van der Waals surface area contributed by atoms with Crippen LogP contribution in [0.2, 0.25) is 0 Å². The van der Waals surface area contributed by atoms with Crippen molar-refractivity contribution >= 4 is 23.5 Å². The highest BCUT2D eigenvalue weighted by Gasteiger charge is 2.11. The molecule has 0 nitrogen and oxygen atoms in total. The van der Waals surface area contributed by atoms with E-state index in [0.29, 0.717) is 4.58 Å². The lowest BCUT2D eigenvalue weighted by Crippen LogP contribution is -1.91. The predicted molar refractivity (Wildman–Crippen MR) is 95.4 cm³/mol. The van der Waals surface area contributed by atoms with Crippen molar-refractivity contribution < 1.29 is 0 Å². The van der Waals surface area contributed by atoms with Crippen molar-refractivity contribution in [2.75, 3.05) is 11.5 Å². The first-order chi connectivity index (χ1) is 9.85. The molecule has 20 heavy (non-hydrogen) atoms. The molecule has 0 radical (unpaired) electrons. The number of thioether (sulfide) groups is 2. The van der Waals surface area contributed by atoms with Gasteiger partial charge in [-0.05, 0) is 22.4 Å². The molecule has 0 saturated carbocycles. The first-order valence-corrected chi connectivity index (χ1v) is 8.94. The van der Waals surface area contributed by atoms with Crippen molar-refractivity contribution in [3.63, 3.8) is 0 Å². The lowest BCUT2D eigenvalue weighted by molar-refractivity contribution is 1.36. The van der Waals surface area contributed by atoms with Crippen molar-refractivity contribution in [3.8, 4) is 11.1 Å². The van der Waals surface area contributed by atoms with E-state index in [4.69, 9.17) is 0 Å². The molecule has 2 aromatic rings. The van der Waals surface area contributed by atoms with E-state index in [2.05, 4.69) is 68.1 Å². The summed E-state index contributed by atoms with van der Waals surface area (Å²) in [6, 6.07) is 19.5. The molecular formula is C18H20S2. The standard InChI is InChI=1S/C18H20S2/c1-3-14-20-18(19-4-2)17-12-10-16(11-13-17)15-8-6-5-7-9-15/h3,5-13,18H,1,4,14H2,2H3. The van der Waals surface area contributed by atoms with Gasteiger partial charge in [0.15, 0.2) is 0 Å². The van der Waals surface area contributed by atoms with Crippen molar-refractivity contribution in [3.05, 3.63) is 72.8 Å². The van der Waals surface area contributed by atoms with E-state index < -0.39 is 0 Å². The van der Waals surface area contributed by atoms with Gasteiger partial charge in [0.05, 0.1) is 4.58 Å². The van der Waals surface area contributed by atoms with E-state index in [9.17, 15) is 0 Å². The molecule has 0 fully saturated rings. The van der Waals surface area contributed by atoms with Gasteiger partial charge in [-0.3, -0.25) is 0 Å². The summed E-state index contributed by atoms with van der Waals surface area (Å²) in [5, 5.41) is 0. The second kappa shape index (κ2) is 8.23. The van der Waals surface area contributed by atoms with Crippen molar-refractivity contribution in [2.45, 2.75) is 11.5 Å². The van der Waals surface area contributed by atoms with Crippen LogP contribution in [0.3, 0.4) is 0 Å². The van der Waals surface area contributed by atoms with Gasteiger partial charge in [0.25, 0.3) is 0 Å². The normalized spacial score (nSPS) is 12.1. The fraction of sp³-hybridized carbons (Fsp3) is 0.222. The minimum atomic E-state index is 0.503. The molecule has 2 heteroatoms. The summed E-state index contributed by atoms with van der Waals surface area (Å²) in [7, 11) is 0. The zero-order valence-electron chi connectivity index (χ0n) is 11.8. The maximum Gasteiger partial charge on any atom is 0.0754 e. The van der Waals surface area contributed by atoms with Gasteiger partial charge in [0.2, 0.25) is 0 Å². The van der Waals surface area contributed by atoms with Gasteiger partial charge in [0.1, 0.15) is 0 Å². The van der Waals surface area contributed by atoms with Crippen molar-refractivity contribution in [1.82, 2.24) is 0 Å². The molecule has 1 unspecified atom stereocenters. The maximum atomic E-state index is 3.81. The topological polar surface area (TPSA) is 0 Å². The molecule has 0 amide bonds. The van der Waals surface area contributed by atoms with Gasteiger partial charge in [-0.15, -0.1) is 30.1 Å². The Morgan fingerprint density at radius 3 is 2.20 bits per heavy atom. The number of benzene rings is 2. The van der Waals surface area contributed by atoms with Crippen LogP contribution in [0.4, 0.5) is 0 Å². The Morgan fingerprint density at radius 2 is 1.60 bits per heavy atom. The number of rotatable bonds is 7. The van der Waals surface area contributed by atoms with E-state index in [1.165, 1.54) is 16.7 Å². The van der Waals surface area contributed by atoms with Crippen LogP contribution >= 0.6 is 23.5 Å². The molecule has 2 aromatic carbocycles. The minimum Gasteiger partial charge on any atom is -0.143 e. The van der Waals surface area contributed by atoms with Gasteiger partial charge < -0.3 is 0 Å². The Balaban J connectivity index is 2.15. The van der Waals surface area contributed by atoms with Crippen LogP contribution < -0.4 is 0 Å². The van der Waals surface area contributed by atoms with Gasteiger partial charge in [0, 0.05) is 5.75 Å². The average molecular weight is 300 g/mol. The summed E-state index contributed by atoms with van der Waals surface area (Å²) in [4.78, 5) is 0. The molecule has 0 aliphatic carbocycles. The largest absolute Gasteiger partial charge is 0.143 e. The third-order valence-corrected chi connectivity index (χ3v) is 5.70. The molecule has 104 valence electrons. The molecule has 0 aromatic heterocycles. The lowest BCUT2D eigenvalue weighted by Gasteiger charge is -2.15. The summed E-state index contributed by atoms with van der Waals surface area (Å²) in [5.74, 6) is 2.13. The Bertz CT molecular complexity index is 517. The summed E-state index contributed by atoms with van der Waals surface area (Å²) in [6.07, 6.45) is 1.98. The van der Waals surface area contributed by atoms with Crippen LogP contribution in [0.15, 0.2) is 67.3 Å². The third-order valence-electron chi connectivity index (χ3n) is 2.97. The second-order valence-corrected chi connectivity index (χ2v) is 7.22. The van der Waals surface area contributed by atoms with Crippen LogP contribution in [0.1, 0.15) is 17.1 Å². The summed E-state index contributed by atoms with van der Waals surface area (Å²) in [6.45, 7) is 6.02. The Labute approximate surface area is 130 Å². The molecule has 0 spiro atoms. The molecular weight excluding hydrogens is 280 g/mol. The minimum absolute atomic E-state index is 0.503. The van der Waals surface area contributed by atoms with Crippen molar-refractivity contribution in [2.24, 2.45) is 0 Å². The summed E-state index contributed by atoms with van der Waals surface area (Å²) in [5.41, 5.74) is 3.95. The smallest absolute Gasteiger partial charge is 0.0754 e. The Hall–Kier alpha value is -1.12. The molecule has 0 aliphatic rings. The van der Waals surface area contributed by atoms with Crippen LogP contribution in [0.5, 0.6) is 0 Å². The van der Waals surface area contributed by atoms with E-state index in [1.807, 2.05) is 29.6 Å². The highest BCUT2D eigenvalue weighted by Crippen LogP contribution is 2.39. The van der Waals surface area contributed by atoms with E-state index >= 15 is 0 Å². The quantitative estimate of drug-likeness (QED) is 0.452. The first kappa shape index (κ1) is 15.3. The second-order valence-electron chi connectivity index (χ2n) is 4.40. The fourth-order valence-electron chi connectivity index (χ4n) is 2.01. The molecule has 1 atom stereocenters. The molecule has 0 N–H and O–H groups in total. The predicted octanol–water partition coefficient (Wildman–Crippen LogP) is 6.02. The first-order valence-electron chi connectivity index (χ1n) is 6.84. The van der Waals surface area contributed by atoms with Crippen molar-refractivity contribution in [1.29, 1.82) is 0 Å². The molecule has 0 heterocycles. The molecule has 2 rings (SSSR count). The van der Waals surface area contributed by atoms with E-state index in [-0.39, 0.29) is 0 Å². The number of hydrogen-bond donors (Lipinski definition) is 0. The van der Waals surface area contributed by atoms with E-state index in [0.717, 1.165) is 11.5 Å². The highest BCUT2D eigenvalue weighted by molar-refractivity contribution is 8.16. The number of hydrogen-bond acceptors (Lipinski definition) is 2. The Morgan fingerprint density at radius 1 is 0.950 bits per heavy atom. The van der Waals surface area contributed by atoms with Crippen LogP contribution in [0, 0.1) is 0 Å². The zero-order valence-corrected chi connectivity index (χ0v) is 13.4. The van der Waals surface area contributed by atoms with Crippen LogP contribution in [0.25, 0.3) is 11.1 Å². The molecule has 0 saturated heterocycles. The highest BCUT2D eigenvalue weighted by atomic mass is 32.2. The lowest BCUT2D eigenvalue weighted by atomic mass is 10.0. The van der Waals surface area contributed by atoms with E-state index in [1.54, 1.807) is 0 Å². The molecule has 0 bridgehead atoms. The van der Waals surface area contributed by atoms with Gasteiger partial charge >= 0.3 is 0 Å². The SMILES string of the molecule is C=CCSC(SCC)c1ccc(-c2ccccc2)cc1. The van der Waals surface area contributed by atoms with Crippen LogP contribution in [-0.4, -0.2) is 11.5 Å². The Kier molecular flexibility index (Phi) is 6.28.